The quantitative estimate of drug-likeness (QED) is 0.692. The first-order chi connectivity index (χ1) is 13.1. The number of hydrogen-bond donors (Lipinski definition) is 0. The molecule has 0 aliphatic carbocycles. The van der Waals surface area contributed by atoms with Crippen molar-refractivity contribution in [3.63, 3.8) is 0 Å². The van der Waals surface area contributed by atoms with Crippen molar-refractivity contribution in [3.8, 4) is 0 Å². The van der Waals surface area contributed by atoms with E-state index in [0.717, 1.165) is 34.9 Å². The minimum absolute atomic E-state index is 0.0386. The Balaban J connectivity index is 1.35. The summed E-state index contributed by atoms with van der Waals surface area (Å²) in [4.78, 5) is 34.2. The number of hydrogen-bond acceptors (Lipinski definition) is 5. The van der Waals surface area contributed by atoms with Crippen LogP contribution in [0.15, 0.2) is 46.7 Å². The van der Waals surface area contributed by atoms with Crippen LogP contribution >= 0.6 is 11.3 Å². The summed E-state index contributed by atoms with van der Waals surface area (Å²) in [5.41, 5.74) is 3.01. The molecule has 0 radical (unpaired) electrons. The Morgan fingerprint density at radius 2 is 1.96 bits per heavy atom. The van der Waals surface area contributed by atoms with Gasteiger partial charge in [-0.1, -0.05) is 24.3 Å². The number of thiazole rings is 1. The molecule has 2 aromatic heterocycles. The summed E-state index contributed by atoms with van der Waals surface area (Å²) in [6, 6.07) is 9.65. The van der Waals surface area contributed by atoms with E-state index in [1.54, 1.807) is 16.7 Å². The van der Waals surface area contributed by atoms with Crippen molar-refractivity contribution in [2.75, 3.05) is 26.2 Å². The second-order valence-electron chi connectivity index (χ2n) is 6.90. The third-order valence-electron chi connectivity index (χ3n) is 5.07. The molecule has 0 bridgehead atoms. The molecular weight excluding hydrogens is 360 g/mol. The zero-order valence-electron chi connectivity index (χ0n) is 15.3. The minimum atomic E-state index is -0.0386. The van der Waals surface area contributed by atoms with E-state index in [1.807, 2.05) is 41.5 Å². The zero-order chi connectivity index (χ0) is 18.8. The number of aromatic nitrogens is 2. The zero-order valence-corrected chi connectivity index (χ0v) is 16.1. The van der Waals surface area contributed by atoms with Gasteiger partial charge < -0.3 is 4.90 Å². The number of rotatable bonds is 4. The molecule has 1 aliphatic rings. The molecule has 1 saturated heterocycles. The average molecular weight is 382 g/mol. The van der Waals surface area contributed by atoms with Crippen molar-refractivity contribution in [1.82, 2.24) is 19.2 Å². The molecule has 3 heterocycles. The van der Waals surface area contributed by atoms with E-state index in [4.69, 9.17) is 0 Å². The van der Waals surface area contributed by atoms with Crippen LogP contribution in [0, 0.1) is 6.92 Å². The van der Waals surface area contributed by atoms with Crippen molar-refractivity contribution >= 4 is 22.2 Å². The highest BCUT2D eigenvalue weighted by atomic mass is 32.1. The fourth-order valence-electron chi connectivity index (χ4n) is 3.44. The molecule has 0 saturated carbocycles. The van der Waals surface area contributed by atoms with Crippen molar-refractivity contribution in [3.05, 3.63) is 69.1 Å². The van der Waals surface area contributed by atoms with E-state index in [9.17, 15) is 9.59 Å². The Morgan fingerprint density at radius 3 is 2.74 bits per heavy atom. The van der Waals surface area contributed by atoms with E-state index in [2.05, 4.69) is 9.88 Å². The van der Waals surface area contributed by atoms with Gasteiger partial charge in [0.15, 0.2) is 4.96 Å². The molecule has 0 N–H and O–H groups in total. The van der Waals surface area contributed by atoms with E-state index in [1.165, 1.54) is 11.3 Å². The summed E-state index contributed by atoms with van der Waals surface area (Å²) in [5.74, 6) is 0.181. The fourth-order valence-corrected chi connectivity index (χ4v) is 4.18. The lowest BCUT2D eigenvalue weighted by molar-refractivity contribution is -0.132. The molecule has 0 atom stereocenters. The molecule has 140 valence electrons. The second-order valence-corrected chi connectivity index (χ2v) is 7.77. The molecule has 0 unspecified atom stereocenters. The van der Waals surface area contributed by atoms with Crippen molar-refractivity contribution in [1.29, 1.82) is 0 Å². The van der Waals surface area contributed by atoms with E-state index in [0.29, 0.717) is 26.1 Å². The first kappa shape index (κ1) is 17.9. The number of carbonyl (C=O) groups excluding carboxylic acids is 1. The van der Waals surface area contributed by atoms with Crippen molar-refractivity contribution in [2.45, 2.75) is 19.9 Å². The van der Waals surface area contributed by atoms with Crippen LogP contribution in [0.4, 0.5) is 0 Å². The average Bonchev–Trinajstić information content (AvgIpc) is 3.13. The molecule has 1 amide bonds. The van der Waals surface area contributed by atoms with Gasteiger partial charge in [-0.3, -0.25) is 18.9 Å². The summed E-state index contributed by atoms with van der Waals surface area (Å²) in [6.07, 6.45) is 2.21. The van der Waals surface area contributed by atoms with Crippen molar-refractivity contribution < 1.29 is 4.79 Å². The molecule has 7 heteroatoms. The molecule has 27 heavy (non-hydrogen) atoms. The smallest absolute Gasteiger partial charge is 0.258 e. The first-order valence-corrected chi connectivity index (χ1v) is 9.98. The van der Waals surface area contributed by atoms with Gasteiger partial charge >= 0.3 is 0 Å². The summed E-state index contributed by atoms with van der Waals surface area (Å²) >= 11 is 1.46. The Bertz CT molecular complexity index is 1020. The van der Waals surface area contributed by atoms with Gasteiger partial charge in [-0.2, -0.15) is 0 Å². The standard InChI is InChI=1S/C20H22N4O2S/c1-15-4-2-3-5-16(15)12-18(25)23-8-6-22(7-9-23)14-17-13-19(26)24-10-11-27-20(24)21-17/h2-5,10-11,13H,6-9,12,14H2,1H3. The van der Waals surface area contributed by atoms with Gasteiger partial charge in [0.05, 0.1) is 12.1 Å². The number of carbonyl (C=O) groups is 1. The van der Waals surface area contributed by atoms with Crippen LogP contribution < -0.4 is 5.56 Å². The van der Waals surface area contributed by atoms with Crippen LogP contribution in [0.25, 0.3) is 4.96 Å². The van der Waals surface area contributed by atoms with Crippen LogP contribution in [0.5, 0.6) is 0 Å². The fraction of sp³-hybridized carbons (Fsp3) is 0.350. The number of piperazine rings is 1. The normalized spacial score (nSPS) is 15.4. The highest BCUT2D eigenvalue weighted by molar-refractivity contribution is 7.15. The summed E-state index contributed by atoms with van der Waals surface area (Å²) in [7, 11) is 0. The second kappa shape index (κ2) is 7.62. The van der Waals surface area contributed by atoms with E-state index in [-0.39, 0.29) is 11.5 Å². The Hall–Kier alpha value is -2.51. The summed E-state index contributed by atoms with van der Waals surface area (Å²) in [6.45, 7) is 5.70. The first-order valence-electron chi connectivity index (χ1n) is 9.10. The third kappa shape index (κ3) is 3.94. The SMILES string of the molecule is Cc1ccccc1CC(=O)N1CCN(Cc2cc(=O)n3ccsc3n2)CC1. The number of benzene rings is 1. The molecule has 3 aromatic rings. The number of aryl methyl sites for hydroxylation is 1. The monoisotopic (exact) mass is 382 g/mol. The van der Waals surface area contributed by atoms with Gasteiger partial charge in [0, 0.05) is 50.4 Å². The van der Waals surface area contributed by atoms with Gasteiger partial charge in [-0.15, -0.1) is 11.3 Å². The maximum absolute atomic E-state index is 12.6. The molecule has 1 fully saturated rings. The van der Waals surface area contributed by atoms with Crippen molar-refractivity contribution in [2.24, 2.45) is 0 Å². The lowest BCUT2D eigenvalue weighted by Gasteiger charge is -2.34. The minimum Gasteiger partial charge on any atom is -0.340 e. The lowest BCUT2D eigenvalue weighted by Crippen LogP contribution is -2.48. The van der Waals surface area contributed by atoms with Crippen LogP contribution in [0.2, 0.25) is 0 Å². The lowest BCUT2D eigenvalue weighted by atomic mass is 10.1. The largest absolute Gasteiger partial charge is 0.340 e. The van der Waals surface area contributed by atoms with E-state index >= 15 is 0 Å². The molecule has 4 rings (SSSR count). The topological polar surface area (TPSA) is 57.9 Å². The maximum Gasteiger partial charge on any atom is 0.258 e. The molecule has 1 aliphatic heterocycles. The number of nitrogens with zero attached hydrogens (tertiary/aromatic N) is 4. The highest BCUT2D eigenvalue weighted by Gasteiger charge is 2.22. The Labute approximate surface area is 161 Å². The van der Waals surface area contributed by atoms with Crippen LogP contribution in [-0.2, 0) is 17.8 Å². The van der Waals surface area contributed by atoms with Gasteiger partial charge in [0.2, 0.25) is 5.91 Å². The highest BCUT2D eigenvalue weighted by Crippen LogP contribution is 2.13. The van der Waals surface area contributed by atoms with Gasteiger partial charge in [0.25, 0.3) is 5.56 Å². The molecule has 1 aromatic carbocycles. The molecule has 6 nitrogen and oxygen atoms in total. The predicted octanol–water partition coefficient (Wildman–Crippen LogP) is 1.95. The predicted molar refractivity (Wildman–Crippen MR) is 106 cm³/mol. The molecule has 0 spiro atoms. The number of amides is 1. The third-order valence-corrected chi connectivity index (χ3v) is 5.83. The maximum atomic E-state index is 12.6. The molecular formula is C20H22N4O2S. The number of fused-ring (bicyclic) bond motifs is 1. The van der Waals surface area contributed by atoms with Crippen LogP contribution in [0.1, 0.15) is 16.8 Å². The Morgan fingerprint density at radius 1 is 1.19 bits per heavy atom. The van der Waals surface area contributed by atoms with E-state index < -0.39 is 0 Å². The van der Waals surface area contributed by atoms with Gasteiger partial charge in [-0.05, 0) is 18.1 Å². The van der Waals surface area contributed by atoms with Gasteiger partial charge in [-0.25, -0.2) is 4.98 Å². The summed E-state index contributed by atoms with van der Waals surface area (Å²) in [5, 5.41) is 1.87. The summed E-state index contributed by atoms with van der Waals surface area (Å²) < 4.78 is 1.57. The van der Waals surface area contributed by atoms with Crippen LogP contribution in [-0.4, -0.2) is 51.3 Å². The van der Waals surface area contributed by atoms with Crippen LogP contribution in [0.3, 0.4) is 0 Å². The van der Waals surface area contributed by atoms with Gasteiger partial charge in [0.1, 0.15) is 0 Å². The Kier molecular flexibility index (Phi) is 5.05.